The van der Waals surface area contributed by atoms with E-state index in [9.17, 15) is 8.78 Å². The Bertz CT molecular complexity index is 662. The zero-order chi connectivity index (χ0) is 17.7. The van der Waals surface area contributed by atoms with Gasteiger partial charge in [-0.15, -0.1) is 0 Å². The maximum absolute atomic E-state index is 13.3. The summed E-state index contributed by atoms with van der Waals surface area (Å²) in [5.41, 5.74) is 3.48. The van der Waals surface area contributed by atoms with Gasteiger partial charge in [-0.25, -0.2) is 8.78 Å². The fourth-order valence-corrected chi connectivity index (χ4v) is 3.05. The molecular weight excluding hydrogens is 304 g/mol. The molecule has 0 spiro atoms. The van der Waals surface area contributed by atoms with Gasteiger partial charge in [0.25, 0.3) is 0 Å². The third-order valence-corrected chi connectivity index (χ3v) is 4.69. The lowest BCUT2D eigenvalue weighted by atomic mass is 9.93. The maximum Gasteiger partial charge on any atom is 0.123 e. The second-order valence-electron chi connectivity index (χ2n) is 6.71. The van der Waals surface area contributed by atoms with Crippen molar-refractivity contribution in [3.63, 3.8) is 0 Å². The highest BCUT2D eigenvalue weighted by Gasteiger charge is 2.31. The van der Waals surface area contributed by atoms with Crippen LogP contribution in [0.25, 0.3) is 0 Å². The van der Waals surface area contributed by atoms with E-state index in [1.807, 2.05) is 32.0 Å². The predicted octanol–water partition coefficient (Wildman–Crippen LogP) is 5.72. The number of aryl methyl sites for hydroxylation is 1. The summed E-state index contributed by atoms with van der Waals surface area (Å²) in [7, 11) is 0. The number of rotatable bonds is 4. The van der Waals surface area contributed by atoms with E-state index in [1.165, 1.54) is 23.8 Å². The van der Waals surface area contributed by atoms with Gasteiger partial charge in [0, 0.05) is 18.6 Å². The first-order chi connectivity index (χ1) is 11.4. The molecule has 1 aliphatic rings. The van der Waals surface area contributed by atoms with Crippen LogP contribution in [-0.4, -0.2) is 10.4 Å². The lowest BCUT2D eigenvalue weighted by molar-refractivity contribution is 0.109. The molecule has 0 radical (unpaired) electrons. The van der Waals surface area contributed by atoms with E-state index in [4.69, 9.17) is 0 Å². The second-order valence-corrected chi connectivity index (χ2v) is 6.71. The van der Waals surface area contributed by atoms with Crippen LogP contribution in [0, 0.1) is 11.6 Å². The summed E-state index contributed by atoms with van der Waals surface area (Å²) in [6, 6.07) is 11.8. The molecule has 24 heavy (non-hydrogen) atoms. The molecule has 0 unspecified atom stereocenters. The van der Waals surface area contributed by atoms with Crippen molar-refractivity contribution in [1.82, 2.24) is 4.90 Å². The van der Waals surface area contributed by atoms with Gasteiger partial charge in [0.2, 0.25) is 0 Å². The summed E-state index contributed by atoms with van der Waals surface area (Å²) < 4.78 is 26.3. The first-order valence-corrected chi connectivity index (χ1v) is 8.71. The summed E-state index contributed by atoms with van der Waals surface area (Å²) >= 11 is 0. The Labute approximate surface area is 144 Å². The van der Waals surface area contributed by atoms with E-state index in [-0.39, 0.29) is 17.2 Å². The van der Waals surface area contributed by atoms with Gasteiger partial charge in [-0.2, -0.15) is 0 Å². The maximum atomic E-state index is 13.3. The summed E-state index contributed by atoms with van der Waals surface area (Å²) in [5.74, 6) is -0.357. The van der Waals surface area contributed by atoms with Crippen LogP contribution in [0.3, 0.4) is 0 Å². The van der Waals surface area contributed by atoms with Crippen molar-refractivity contribution in [2.75, 3.05) is 0 Å². The van der Waals surface area contributed by atoms with Gasteiger partial charge >= 0.3 is 0 Å². The number of halogens is 2. The Morgan fingerprint density at radius 2 is 1.46 bits per heavy atom. The normalized spacial score (nSPS) is 14.1. The molecule has 0 amide bonds. The van der Waals surface area contributed by atoms with Gasteiger partial charge in [0.1, 0.15) is 11.6 Å². The molecule has 1 nitrogen and oxygen atoms in total. The molecule has 1 heterocycles. The van der Waals surface area contributed by atoms with Gasteiger partial charge < -0.3 is 0 Å². The standard InChI is InChI=1S/C19H21F2N.C2H6/c1-19(2,10-9-14-3-6-17(20)7-4-14)22-12-15-5-8-18(21)11-16(15)13-22;1-2/h3-8,11H,9-10,12-13H2,1-2H3;1-2H3. The van der Waals surface area contributed by atoms with E-state index < -0.39 is 0 Å². The molecule has 3 heteroatoms. The SMILES string of the molecule is CC.CC(C)(CCc1ccc(F)cc1)N1Cc2ccc(F)cc2C1. The second kappa shape index (κ2) is 7.89. The average Bonchev–Trinajstić information content (AvgIpc) is 3.00. The molecule has 0 aliphatic carbocycles. The zero-order valence-electron chi connectivity index (χ0n) is 15.1. The summed E-state index contributed by atoms with van der Waals surface area (Å²) in [6.45, 7) is 10.1. The average molecular weight is 331 g/mol. The van der Waals surface area contributed by atoms with Crippen LogP contribution in [-0.2, 0) is 19.5 Å². The van der Waals surface area contributed by atoms with E-state index >= 15 is 0 Å². The molecule has 0 atom stereocenters. The van der Waals surface area contributed by atoms with Crippen molar-refractivity contribution in [1.29, 1.82) is 0 Å². The fraction of sp³-hybridized carbons (Fsp3) is 0.429. The molecule has 0 fully saturated rings. The van der Waals surface area contributed by atoms with Gasteiger partial charge in [-0.3, -0.25) is 4.90 Å². The van der Waals surface area contributed by atoms with Crippen LogP contribution in [0.15, 0.2) is 42.5 Å². The molecule has 2 aromatic rings. The summed E-state index contributed by atoms with van der Waals surface area (Å²) in [5, 5.41) is 0. The van der Waals surface area contributed by atoms with Gasteiger partial charge in [-0.1, -0.05) is 32.0 Å². The van der Waals surface area contributed by atoms with Crippen LogP contribution in [0.2, 0.25) is 0 Å². The van der Waals surface area contributed by atoms with Crippen molar-refractivity contribution in [2.24, 2.45) is 0 Å². The van der Waals surface area contributed by atoms with E-state index in [0.717, 1.165) is 37.1 Å². The highest BCUT2D eigenvalue weighted by Crippen LogP contribution is 2.32. The largest absolute Gasteiger partial charge is 0.290 e. The molecule has 3 rings (SSSR count). The lowest BCUT2D eigenvalue weighted by Gasteiger charge is -2.35. The van der Waals surface area contributed by atoms with E-state index in [2.05, 4.69) is 18.7 Å². The minimum absolute atomic E-state index is 0.0177. The van der Waals surface area contributed by atoms with Gasteiger partial charge in [-0.05, 0) is 67.6 Å². The van der Waals surface area contributed by atoms with Crippen LogP contribution in [0.5, 0.6) is 0 Å². The molecule has 0 saturated carbocycles. The number of hydrogen-bond acceptors (Lipinski definition) is 1. The van der Waals surface area contributed by atoms with Crippen LogP contribution < -0.4 is 0 Å². The Morgan fingerprint density at radius 3 is 2.12 bits per heavy atom. The highest BCUT2D eigenvalue weighted by molar-refractivity contribution is 5.31. The third-order valence-electron chi connectivity index (χ3n) is 4.69. The van der Waals surface area contributed by atoms with Crippen LogP contribution in [0.1, 0.15) is 50.8 Å². The molecule has 0 aromatic heterocycles. The summed E-state index contributed by atoms with van der Waals surface area (Å²) in [6.07, 6.45) is 1.89. The molecule has 1 aliphatic heterocycles. The molecule has 130 valence electrons. The van der Waals surface area contributed by atoms with E-state index in [0.29, 0.717) is 0 Å². The molecule has 0 N–H and O–H groups in total. The quantitative estimate of drug-likeness (QED) is 0.693. The molecular formula is C21H27F2N. The van der Waals surface area contributed by atoms with Gasteiger partial charge in [0.05, 0.1) is 0 Å². The topological polar surface area (TPSA) is 3.24 Å². The number of fused-ring (bicyclic) bond motifs is 1. The molecule has 0 bridgehead atoms. The molecule has 2 aromatic carbocycles. The lowest BCUT2D eigenvalue weighted by Crippen LogP contribution is -2.40. The Balaban J connectivity index is 0.00000100. The van der Waals surface area contributed by atoms with Crippen LogP contribution >= 0.6 is 0 Å². The first-order valence-electron chi connectivity index (χ1n) is 8.71. The number of hydrogen-bond donors (Lipinski definition) is 0. The van der Waals surface area contributed by atoms with Crippen molar-refractivity contribution in [3.8, 4) is 0 Å². The minimum Gasteiger partial charge on any atom is -0.290 e. The summed E-state index contributed by atoms with van der Waals surface area (Å²) in [4.78, 5) is 2.39. The smallest absolute Gasteiger partial charge is 0.123 e. The fourth-order valence-electron chi connectivity index (χ4n) is 3.05. The number of benzene rings is 2. The monoisotopic (exact) mass is 331 g/mol. The molecule has 0 saturated heterocycles. The Morgan fingerprint density at radius 1 is 0.875 bits per heavy atom. The number of nitrogens with zero attached hydrogens (tertiary/aromatic N) is 1. The van der Waals surface area contributed by atoms with Crippen molar-refractivity contribution >= 4 is 0 Å². The van der Waals surface area contributed by atoms with E-state index in [1.54, 1.807) is 6.07 Å². The predicted molar refractivity (Wildman–Crippen MR) is 95.8 cm³/mol. The Kier molecular flexibility index (Phi) is 6.11. The Hall–Kier alpha value is -1.74. The van der Waals surface area contributed by atoms with Crippen molar-refractivity contribution < 1.29 is 8.78 Å². The van der Waals surface area contributed by atoms with Crippen molar-refractivity contribution in [2.45, 2.75) is 59.2 Å². The highest BCUT2D eigenvalue weighted by atomic mass is 19.1. The third kappa shape index (κ3) is 4.41. The first kappa shape index (κ1) is 18.6. The zero-order valence-corrected chi connectivity index (χ0v) is 15.1. The minimum atomic E-state index is -0.194. The van der Waals surface area contributed by atoms with Gasteiger partial charge in [0.15, 0.2) is 0 Å². The van der Waals surface area contributed by atoms with Crippen LogP contribution in [0.4, 0.5) is 8.78 Å². The van der Waals surface area contributed by atoms with Crippen molar-refractivity contribution in [3.05, 3.63) is 70.8 Å².